The van der Waals surface area contributed by atoms with E-state index in [9.17, 15) is 0 Å². The predicted octanol–water partition coefficient (Wildman–Crippen LogP) is 1.54. The van der Waals surface area contributed by atoms with Crippen molar-refractivity contribution in [1.29, 1.82) is 0 Å². The zero-order valence-corrected chi connectivity index (χ0v) is 8.69. The van der Waals surface area contributed by atoms with Gasteiger partial charge in [-0.05, 0) is 32.6 Å². The van der Waals surface area contributed by atoms with Gasteiger partial charge in [0.25, 0.3) is 0 Å². The van der Waals surface area contributed by atoms with Crippen molar-refractivity contribution in [3.05, 3.63) is 0 Å². The Hall–Kier alpha value is -0.120. The summed E-state index contributed by atoms with van der Waals surface area (Å²) >= 11 is 0. The summed E-state index contributed by atoms with van der Waals surface area (Å²) in [5.74, 6) is 0.442. The first-order valence-electron chi connectivity index (χ1n) is 5.05. The smallest absolute Gasteiger partial charge is 0.158 e. The molecule has 3 heteroatoms. The summed E-state index contributed by atoms with van der Waals surface area (Å²) in [6.45, 7) is 6.19. The van der Waals surface area contributed by atoms with Gasteiger partial charge in [-0.15, -0.1) is 0 Å². The van der Waals surface area contributed by atoms with Gasteiger partial charge in [0.15, 0.2) is 6.29 Å². The number of ether oxygens (including phenoxy) is 2. The van der Waals surface area contributed by atoms with Crippen molar-refractivity contribution in [2.24, 2.45) is 5.92 Å². The molecule has 3 nitrogen and oxygen atoms in total. The van der Waals surface area contributed by atoms with Crippen molar-refractivity contribution in [2.75, 3.05) is 6.61 Å². The molecule has 0 spiro atoms. The highest BCUT2D eigenvalue weighted by atomic mass is 16.7. The standard InChI is InChI=1S/C10H20O3/c1-7(2)12-10-5-4-8(3)9(6-11)13-10/h7-11H,4-6H2,1-3H3/t8-,9+,10-/m0/s1. The maximum Gasteiger partial charge on any atom is 0.158 e. The van der Waals surface area contributed by atoms with Crippen molar-refractivity contribution in [1.82, 2.24) is 0 Å². The second-order valence-corrected chi connectivity index (χ2v) is 4.03. The highest BCUT2D eigenvalue weighted by Gasteiger charge is 2.28. The number of aliphatic hydroxyl groups excluding tert-OH is 1. The molecular formula is C10H20O3. The Balaban J connectivity index is 2.36. The maximum absolute atomic E-state index is 9.03. The first-order valence-corrected chi connectivity index (χ1v) is 5.05. The Morgan fingerprint density at radius 2 is 2.15 bits per heavy atom. The van der Waals surface area contributed by atoms with E-state index in [0.29, 0.717) is 5.92 Å². The summed E-state index contributed by atoms with van der Waals surface area (Å²) in [4.78, 5) is 0. The highest BCUT2D eigenvalue weighted by molar-refractivity contribution is 4.72. The first-order chi connectivity index (χ1) is 6.13. The molecule has 0 aromatic heterocycles. The maximum atomic E-state index is 9.03. The molecule has 0 unspecified atom stereocenters. The van der Waals surface area contributed by atoms with E-state index < -0.39 is 0 Å². The van der Waals surface area contributed by atoms with E-state index >= 15 is 0 Å². The van der Waals surface area contributed by atoms with Crippen LogP contribution in [0, 0.1) is 5.92 Å². The van der Waals surface area contributed by atoms with E-state index in [4.69, 9.17) is 14.6 Å². The van der Waals surface area contributed by atoms with Gasteiger partial charge in [0.05, 0.1) is 18.8 Å². The second kappa shape index (κ2) is 4.94. The van der Waals surface area contributed by atoms with Gasteiger partial charge >= 0.3 is 0 Å². The second-order valence-electron chi connectivity index (χ2n) is 4.03. The van der Waals surface area contributed by atoms with Crippen molar-refractivity contribution >= 4 is 0 Å². The van der Waals surface area contributed by atoms with E-state index in [1.807, 2.05) is 13.8 Å². The summed E-state index contributed by atoms with van der Waals surface area (Å²) in [7, 11) is 0. The fraction of sp³-hybridized carbons (Fsp3) is 1.00. The molecule has 1 heterocycles. The Labute approximate surface area is 80.0 Å². The Bertz CT molecular complexity index is 147. The molecule has 78 valence electrons. The van der Waals surface area contributed by atoms with E-state index in [1.165, 1.54) is 0 Å². The molecule has 13 heavy (non-hydrogen) atoms. The molecular weight excluding hydrogens is 168 g/mol. The van der Waals surface area contributed by atoms with Gasteiger partial charge in [-0.25, -0.2) is 0 Å². The first kappa shape index (κ1) is 11.0. The molecule has 1 aliphatic rings. The van der Waals surface area contributed by atoms with Crippen LogP contribution in [0.15, 0.2) is 0 Å². The fourth-order valence-corrected chi connectivity index (χ4v) is 1.61. The topological polar surface area (TPSA) is 38.7 Å². The van der Waals surface area contributed by atoms with Crippen LogP contribution in [0.5, 0.6) is 0 Å². The monoisotopic (exact) mass is 188 g/mol. The quantitative estimate of drug-likeness (QED) is 0.730. The van der Waals surface area contributed by atoms with Crippen LogP contribution in [0.1, 0.15) is 33.6 Å². The van der Waals surface area contributed by atoms with Gasteiger partial charge in [0.2, 0.25) is 0 Å². The lowest BCUT2D eigenvalue weighted by molar-refractivity contribution is -0.228. The lowest BCUT2D eigenvalue weighted by atomic mass is 9.96. The van der Waals surface area contributed by atoms with E-state index in [1.54, 1.807) is 0 Å². The van der Waals surface area contributed by atoms with Crippen LogP contribution in [0.4, 0.5) is 0 Å². The van der Waals surface area contributed by atoms with Crippen LogP contribution in [0.3, 0.4) is 0 Å². The van der Waals surface area contributed by atoms with Crippen LogP contribution in [0.2, 0.25) is 0 Å². The Morgan fingerprint density at radius 3 is 2.69 bits per heavy atom. The summed E-state index contributed by atoms with van der Waals surface area (Å²) in [6.07, 6.45) is 2.04. The average molecular weight is 188 g/mol. The summed E-state index contributed by atoms with van der Waals surface area (Å²) in [5.41, 5.74) is 0. The lowest BCUT2D eigenvalue weighted by Crippen LogP contribution is -2.38. The molecule has 0 aliphatic carbocycles. The van der Waals surface area contributed by atoms with Crippen LogP contribution in [-0.4, -0.2) is 30.2 Å². The molecule has 0 aromatic rings. The molecule has 0 bridgehead atoms. The lowest BCUT2D eigenvalue weighted by Gasteiger charge is -2.34. The van der Waals surface area contributed by atoms with Crippen LogP contribution >= 0.6 is 0 Å². The zero-order chi connectivity index (χ0) is 9.84. The molecule has 0 radical (unpaired) electrons. The third-order valence-electron chi connectivity index (χ3n) is 2.42. The molecule has 0 aromatic carbocycles. The SMILES string of the molecule is CC(C)O[C@@H]1CC[C@H](C)[C@@H](CO)O1. The third-order valence-corrected chi connectivity index (χ3v) is 2.42. The van der Waals surface area contributed by atoms with Gasteiger partial charge in [-0.1, -0.05) is 6.92 Å². The minimum atomic E-state index is -0.117. The van der Waals surface area contributed by atoms with Gasteiger partial charge < -0.3 is 14.6 Å². The molecule has 1 saturated heterocycles. The van der Waals surface area contributed by atoms with Gasteiger partial charge in [-0.3, -0.25) is 0 Å². The van der Waals surface area contributed by atoms with E-state index in [-0.39, 0.29) is 25.1 Å². The minimum Gasteiger partial charge on any atom is -0.394 e. The molecule has 1 aliphatic heterocycles. The minimum absolute atomic E-state index is 0.0440. The van der Waals surface area contributed by atoms with Crippen LogP contribution < -0.4 is 0 Å². The number of hydrogen-bond donors (Lipinski definition) is 1. The largest absolute Gasteiger partial charge is 0.394 e. The zero-order valence-electron chi connectivity index (χ0n) is 8.69. The normalized spacial score (nSPS) is 35.3. The Kier molecular flexibility index (Phi) is 4.16. The number of aliphatic hydroxyl groups is 1. The summed E-state index contributed by atoms with van der Waals surface area (Å²) in [6, 6.07) is 0. The molecule has 1 N–H and O–H groups in total. The fourth-order valence-electron chi connectivity index (χ4n) is 1.61. The van der Waals surface area contributed by atoms with Gasteiger partial charge in [-0.2, -0.15) is 0 Å². The third kappa shape index (κ3) is 3.25. The van der Waals surface area contributed by atoms with Gasteiger partial charge in [0, 0.05) is 0 Å². The highest BCUT2D eigenvalue weighted by Crippen LogP contribution is 2.25. The molecule has 1 rings (SSSR count). The molecule has 0 amide bonds. The summed E-state index contributed by atoms with van der Waals surface area (Å²) in [5, 5.41) is 9.03. The van der Waals surface area contributed by atoms with Crippen molar-refractivity contribution in [3.8, 4) is 0 Å². The number of hydrogen-bond acceptors (Lipinski definition) is 3. The van der Waals surface area contributed by atoms with Crippen molar-refractivity contribution < 1.29 is 14.6 Å². The van der Waals surface area contributed by atoms with Crippen molar-refractivity contribution in [3.63, 3.8) is 0 Å². The van der Waals surface area contributed by atoms with E-state index in [2.05, 4.69) is 6.92 Å². The van der Waals surface area contributed by atoms with E-state index in [0.717, 1.165) is 12.8 Å². The molecule has 1 fully saturated rings. The van der Waals surface area contributed by atoms with Crippen molar-refractivity contribution in [2.45, 2.75) is 52.1 Å². The average Bonchev–Trinajstić information content (AvgIpc) is 2.07. The molecule has 3 atom stereocenters. The predicted molar refractivity (Wildman–Crippen MR) is 50.4 cm³/mol. The van der Waals surface area contributed by atoms with Gasteiger partial charge in [0.1, 0.15) is 0 Å². The Morgan fingerprint density at radius 1 is 1.46 bits per heavy atom. The summed E-state index contributed by atoms with van der Waals surface area (Å²) < 4.78 is 11.1. The van der Waals surface area contributed by atoms with Crippen LogP contribution in [-0.2, 0) is 9.47 Å². The number of rotatable bonds is 3. The van der Waals surface area contributed by atoms with Crippen LogP contribution in [0.25, 0.3) is 0 Å². The molecule has 0 saturated carbocycles.